The molecule has 0 radical (unpaired) electrons. The second-order valence-corrected chi connectivity index (χ2v) is 3.65. The number of β-amino-alcohol motifs (C(OH)–C–C–N with tert-alkyl or cyclic N) is 1. The Balaban J connectivity index is 2.26. The molecule has 1 aromatic rings. The number of nitrogens with two attached hydrogens (primary N) is 1. The lowest BCUT2D eigenvalue weighted by molar-refractivity contribution is 0.198. The van der Waals surface area contributed by atoms with Crippen LogP contribution in [0, 0.1) is 0 Å². The van der Waals surface area contributed by atoms with Crippen LogP contribution in [0.2, 0.25) is 0 Å². The Labute approximate surface area is 88.5 Å². The smallest absolute Gasteiger partial charge is 0.215 e. The molecule has 5 heteroatoms. The highest BCUT2D eigenvalue weighted by Crippen LogP contribution is 2.26. The standard InChI is InChI=1S/C10H15N3O2/c1-15-9-3-2-8(11)10(12-9)13-5-4-7(14)6-13/h2-3,7,14H,4-6,11H2,1H3. The van der Waals surface area contributed by atoms with Gasteiger partial charge in [-0.15, -0.1) is 0 Å². The number of hydrogen-bond acceptors (Lipinski definition) is 5. The van der Waals surface area contributed by atoms with Crippen molar-refractivity contribution in [3.63, 3.8) is 0 Å². The predicted molar refractivity (Wildman–Crippen MR) is 58.0 cm³/mol. The van der Waals surface area contributed by atoms with E-state index in [9.17, 15) is 5.11 Å². The number of pyridine rings is 1. The van der Waals surface area contributed by atoms with Crippen LogP contribution in [0.25, 0.3) is 0 Å². The Morgan fingerprint density at radius 2 is 2.40 bits per heavy atom. The third kappa shape index (κ3) is 1.97. The molecule has 1 aromatic heterocycles. The van der Waals surface area contributed by atoms with Crippen LogP contribution in [-0.2, 0) is 0 Å². The van der Waals surface area contributed by atoms with Gasteiger partial charge in [-0.1, -0.05) is 0 Å². The van der Waals surface area contributed by atoms with Gasteiger partial charge in [0, 0.05) is 19.2 Å². The van der Waals surface area contributed by atoms with Crippen LogP contribution in [0.3, 0.4) is 0 Å². The lowest BCUT2D eigenvalue weighted by Gasteiger charge is -2.18. The Morgan fingerprint density at radius 3 is 3.00 bits per heavy atom. The first-order valence-corrected chi connectivity index (χ1v) is 4.94. The van der Waals surface area contributed by atoms with Crippen LogP contribution in [0.5, 0.6) is 5.88 Å². The van der Waals surface area contributed by atoms with Gasteiger partial charge in [0.1, 0.15) is 0 Å². The fourth-order valence-corrected chi connectivity index (χ4v) is 1.74. The highest BCUT2D eigenvalue weighted by Gasteiger charge is 2.23. The zero-order valence-electron chi connectivity index (χ0n) is 8.68. The topological polar surface area (TPSA) is 71.6 Å². The second kappa shape index (κ2) is 3.94. The average molecular weight is 209 g/mol. The number of nitrogens with zero attached hydrogens (tertiary/aromatic N) is 2. The largest absolute Gasteiger partial charge is 0.481 e. The highest BCUT2D eigenvalue weighted by atomic mass is 16.5. The Bertz CT molecular complexity index is 357. The number of ether oxygens (including phenoxy) is 1. The number of hydrogen-bond donors (Lipinski definition) is 2. The Kier molecular flexibility index (Phi) is 2.64. The highest BCUT2D eigenvalue weighted by molar-refractivity contribution is 5.64. The molecule has 0 aliphatic carbocycles. The molecule has 1 aliphatic rings. The lowest BCUT2D eigenvalue weighted by atomic mass is 10.3. The monoisotopic (exact) mass is 209 g/mol. The number of rotatable bonds is 2. The number of aromatic nitrogens is 1. The van der Waals surface area contributed by atoms with E-state index in [4.69, 9.17) is 10.5 Å². The van der Waals surface area contributed by atoms with Crippen molar-refractivity contribution in [3.05, 3.63) is 12.1 Å². The van der Waals surface area contributed by atoms with Crippen molar-refractivity contribution in [1.29, 1.82) is 0 Å². The third-order valence-corrected chi connectivity index (χ3v) is 2.55. The summed E-state index contributed by atoms with van der Waals surface area (Å²) in [5.41, 5.74) is 6.44. The summed E-state index contributed by atoms with van der Waals surface area (Å²) in [5.74, 6) is 1.24. The summed E-state index contributed by atoms with van der Waals surface area (Å²) in [4.78, 5) is 6.25. The van der Waals surface area contributed by atoms with Gasteiger partial charge in [-0.2, -0.15) is 4.98 Å². The summed E-state index contributed by atoms with van der Waals surface area (Å²) in [5, 5.41) is 9.44. The van der Waals surface area contributed by atoms with Gasteiger partial charge in [0.2, 0.25) is 5.88 Å². The molecule has 82 valence electrons. The van der Waals surface area contributed by atoms with Gasteiger partial charge >= 0.3 is 0 Å². The van der Waals surface area contributed by atoms with Crippen LogP contribution in [-0.4, -0.2) is 36.4 Å². The molecule has 1 aliphatic heterocycles. The van der Waals surface area contributed by atoms with E-state index in [1.54, 1.807) is 19.2 Å². The minimum Gasteiger partial charge on any atom is -0.481 e. The molecule has 1 fully saturated rings. The van der Waals surface area contributed by atoms with Gasteiger partial charge < -0.3 is 20.5 Å². The van der Waals surface area contributed by atoms with E-state index in [1.807, 2.05) is 4.90 Å². The maximum absolute atomic E-state index is 9.44. The van der Waals surface area contributed by atoms with E-state index in [2.05, 4.69) is 4.98 Å². The normalized spacial score (nSPS) is 20.7. The van der Waals surface area contributed by atoms with Crippen LogP contribution in [0.1, 0.15) is 6.42 Å². The van der Waals surface area contributed by atoms with Gasteiger partial charge in [0.15, 0.2) is 5.82 Å². The predicted octanol–water partition coefficient (Wildman–Crippen LogP) is 0.243. The molecule has 1 saturated heterocycles. The summed E-state index contributed by atoms with van der Waals surface area (Å²) < 4.78 is 5.04. The fraction of sp³-hybridized carbons (Fsp3) is 0.500. The molecule has 5 nitrogen and oxygen atoms in total. The summed E-state index contributed by atoms with van der Waals surface area (Å²) in [6.07, 6.45) is 0.482. The van der Waals surface area contributed by atoms with E-state index in [1.165, 1.54) is 0 Å². The maximum atomic E-state index is 9.44. The Morgan fingerprint density at radius 1 is 1.60 bits per heavy atom. The van der Waals surface area contributed by atoms with E-state index in [0.29, 0.717) is 23.9 Å². The fourth-order valence-electron chi connectivity index (χ4n) is 1.74. The number of aliphatic hydroxyl groups is 1. The number of anilines is 2. The molecule has 0 spiro atoms. The van der Waals surface area contributed by atoms with E-state index in [0.717, 1.165) is 13.0 Å². The molecule has 0 amide bonds. The summed E-state index contributed by atoms with van der Waals surface area (Å²) in [6.45, 7) is 1.37. The van der Waals surface area contributed by atoms with Crippen LogP contribution in [0.4, 0.5) is 11.5 Å². The molecular weight excluding hydrogens is 194 g/mol. The minimum absolute atomic E-state index is 0.280. The van der Waals surface area contributed by atoms with Crippen molar-refractivity contribution in [2.45, 2.75) is 12.5 Å². The lowest BCUT2D eigenvalue weighted by Crippen LogP contribution is -2.23. The molecule has 3 N–H and O–H groups in total. The SMILES string of the molecule is COc1ccc(N)c(N2CCC(O)C2)n1. The van der Waals surface area contributed by atoms with Gasteiger partial charge in [-0.05, 0) is 12.5 Å². The van der Waals surface area contributed by atoms with E-state index in [-0.39, 0.29) is 6.10 Å². The number of nitrogen functional groups attached to an aromatic ring is 1. The average Bonchev–Trinajstić information content (AvgIpc) is 2.65. The first-order chi connectivity index (χ1) is 7.20. The van der Waals surface area contributed by atoms with Crippen molar-refractivity contribution in [3.8, 4) is 5.88 Å². The van der Waals surface area contributed by atoms with Gasteiger partial charge in [-0.25, -0.2) is 0 Å². The van der Waals surface area contributed by atoms with Gasteiger partial charge in [0.05, 0.1) is 18.9 Å². The van der Waals surface area contributed by atoms with Gasteiger partial charge in [0.25, 0.3) is 0 Å². The summed E-state index contributed by atoms with van der Waals surface area (Å²) in [7, 11) is 1.57. The maximum Gasteiger partial charge on any atom is 0.215 e. The second-order valence-electron chi connectivity index (χ2n) is 3.65. The summed E-state index contributed by atoms with van der Waals surface area (Å²) >= 11 is 0. The molecule has 0 aromatic carbocycles. The van der Waals surface area contributed by atoms with Crippen molar-refractivity contribution in [2.24, 2.45) is 0 Å². The summed E-state index contributed by atoms with van der Waals surface area (Å²) in [6, 6.07) is 3.50. The minimum atomic E-state index is -0.280. The molecule has 0 saturated carbocycles. The molecule has 2 rings (SSSR count). The molecular formula is C10H15N3O2. The zero-order chi connectivity index (χ0) is 10.8. The van der Waals surface area contributed by atoms with Crippen LogP contribution >= 0.6 is 0 Å². The third-order valence-electron chi connectivity index (χ3n) is 2.55. The zero-order valence-corrected chi connectivity index (χ0v) is 8.68. The van der Waals surface area contributed by atoms with Crippen molar-refractivity contribution in [2.75, 3.05) is 30.8 Å². The number of aliphatic hydroxyl groups excluding tert-OH is 1. The van der Waals surface area contributed by atoms with Crippen molar-refractivity contribution < 1.29 is 9.84 Å². The van der Waals surface area contributed by atoms with Crippen LogP contribution < -0.4 is 15.4 Å². The molecule has 0 bridgehead atoms. The van der Waals surface area contributed by atoms with Crippen LogP contribution in [0.15, 0.2) is 12.1 Å². The van der Waals surface area contributed by atoms with E-state index < -0.39 is 0 Å². The Hall–Kier alpha value is -1.49. The van der Waals surface area contributed by atoms with Gasteiger partial charge in [-0.3, -0.25) is 0 Å². The quantitative estimate of drug-likeness (QED) is 0.730. The molecule has 15 heavy (non-hydrogen) atoms. The van der Waals surface area contributed by atoms with Crippen molar-refractivity contribution >= 4 is 11.5 Å². The van der Waals surface area contributed by atoms with Crippen molar-refractivity contribution in [1.82, 2.24) is 4.98 Å². The first kappa shape index (κ1) is 10.0. The molecule has 1 atom stereocenters. The molecule has 1 unspecified atom stereocenters. The van der Waals surface area contributed by atoms with E-state index >= 15 is 0 Å². The first-order valence-electron chi connectivity index (χ1n) is 4.94. The number of methoxy groups -OCH3 is 1. The molecule has 2 heterocycles.